The van der Waals surface area contributed by atoms with Crippen molar-refractivity contribution >= 4 is 23.2 Å². The van der Waals surface area contributed by atoms with Crippen molar-refractivity contribution in [3.8, 4) is 22.5 Å². The summed E-state index contributed by atoms with van der Waals surface area (Å²) in [5.41, 5.74) is 2.85. The Hall–Kier alpha value is -3.29. The number of aliphatic carboxylic acids is 1. The first-order valence-corrected chi connectivity index (χ1v) is 10.7. The highest BCUT2D eigenvalue weighted by Gasteiger charge is 2.33. The number of rotatable bonds is 5. The zero-order chi connectivity index (χ0) is 23.9. The van der Waals surface area contributed by atoms with E-state index in [0.29, 0.717) is 33.9 Å². The molecule has 1 atom stereocenters. The summed E-state index contributed by atoms with van der Waals surface area (Å²) in [5.74, 6) is -1.68. The van der Waals surface area contributed by atoms with E-state index in [1.54, 1.807) is 32.2 Å². The smallest absolute Gasteiger partial charge is 0.337 e. The molecule has 33 heavy (non-hydrogen) atoms. The molecule has 0 radical (unpaired) electrons. The number of nitrogens with zero attached hydrogens (tertiary/aromatic N) is 3. The van der Waals surface area contributed by atoms with Gasteiger partial charge in [-0.3, -0.25) is 0 Å². The van der Waals surface area contributed by atoms with Gasteiger partial charge in [0, 0.05) is 28.5 Å². The summed E-state index contributed by atoms with van der Waals surface area (Å²) < 4.78 is 21.3. The van der Waals surface area contributed by atoms with Crippen LogP contribution in [-0.2, 0) is 9.53 Å². The molecule has 4 aromatic rings. The molecule has 2 aromatic heterocycles. The molecule has 8 heteroatoms. The lowest BCUT2D eigenvalue weighted by molar-refractivity contribution is -0.160. The van der Waals surface area contributed by atoms with Crippen LogP contribution in [0.25, 0.3) is 28.2 Å². The maximum atomic E-state index is 13.9. The third kappa shape index (κ3) is 4.60. The average molecular weight is 468 g/mol. The molecule has 0 aliphatic rings. The molecular weight excluding hydrogens is 445 g/mol. The third-order valence-corrected chi connectivity index (χ3v) is 5.36. The molecule has 0 amide bonds. The lowest BCUT2D eigenvalue weighted by Gasteiger charge is -2.27. The van der Waals surface area contributed by atoms with Crippen LogP contribution in [-0.4, -0.2) is 31.3 Å². The standard InChI is InChI=1S/C25H23ClFN3O3/c1-14-21(23(24(31)32)33-25(2,3)4)22(17-11-10-16(27)12-18(17)26)30-20(28-14)13-19(29-30)15-8-6-5-7-9-15/h5-13,23H,1-4H3,(H,31,32). The van der Waals surface area contributed by atoms with Gasteiger partial charge in [-0.1, -0.05) is 41.9 Å². The van der Waals surface area contributed by atoms with Gasteiger partial charge in [0.25, 0.3) is 0 Å². The fourth-order valence-electron chi connectivity index (χ4n) is 3.72. The van der Waals surface area contributed by atoms with Crippen molar-refractivity contribution in [1.82, 2.24) is 14.6 Å². The Morgan fingerprint density at radius 2 is 1.85 bits per heavy atom. The fraction of sp³-hybridized carbons (Fsp3) is 0.240. The third-order valence-electron chi connectivity index (χ3n) is 5.04. The van der Waals surface area contributed by atoms with Gasteiger partial charge in [0.15, 0.2) is 11.8 Å². The molecule has 170 valence electrons. The molecule has 0 saturated carbocycles. The van der Waals surface area contributed by atoms with Gasteiger partial charge < -0.3 is 9.84 Å². The second-order valence-corrected chi connectivity index (χ2v) is 9.10. The minimum atomic E-state index is -1.35. The normalized spacial score (nSPS) is 12.8. The minimum absolute atomic E-state index is 0.125. The van der Waals surface area contributed by atoms with Crippen LogP contribution in [0.15, 0.2) is 54.6 Å². The van der Waals surface area contributed by atoms with E-state index in [0.717, 1.165) is 5.56 Å². The van der Waals surface area contributed by atoms with Gasteiger partial charge in [0.05, 0.1) is 22.0 Å². The van der Waals surface area contributed by atoms with Crippen LogP contribution in [0.3, 0.4) is 0 Å². The number of carboxylic acid groups (broad SMARTS) is 1. The maximum Gasteiger partial charge on any atom is 0.337 e. The van der Waals surface area contributed by atoms with Gasteiger partial charge in [-0.15, -0.1) is 0 Å². The largest absolute Gasteiger partial charge is 0.479 e. The number of carboxylic acids is 1. The quantitative estimate of drug-likeness (QED) is 0.383. The molecule has 4 rings (SSSR count). The average Bonchev–Trinajstić information content (AvgIpc) is 3.15. The Morgan fingerprint density at radius 1 is 1.15 bits per heavy atom. The summed E-state index contributed by atoms with van der Waals surface area (Å²) >= 11 is 6.44. The number of fused-ring (bicyclic) bond motifs is 1. The Morgan fingerprint density at radius 3 is 2.45 bits per heavy atom. The summed E-state index contributed by atoms with van der Waals surface area (Å²) in [7, 11) is 0. The van der Waals surface area contributed by atoms with Gasteiger partial charge >= 0.3 is 5.97 Å². The number of hydrogen-bond acceptors (Lipinski definition) is 4. The van der Waals surface area contributed by atoms with E-state index in [4.69, 9.17) is 21.4 Å². The summed E-state index contributed by atoms with van der Waals surface area (Å²) in [6, 6.07) is 15.3. The lowest BCUT2D eigenvalue weighted by atomic mass is 9.98. The zero-order valence-electron chi connectivity index (χ0n) is 18.6. The van der Waals surface area contributed by atoms with Crippen molar-refractivity contribution in [3.63, 3.8) is 0 Å². The Balaban J connectivity index is 2.08. The van der Waals surface area contributed by atoms with Crippen molar-refractivity contribution in [2.75, 3.05) is 0 Å². The van der Waals surface area contributed by atoms with Gasteiger partial charge in [0.2, 0.25) is 0 Å². The number of ether oxygens (including phenoxy) is 1. The van der Waals surface area contributed by atoms with Gasteiger partial charge in [-0.25, -0.2) is 18.7 Å². The summed E-state index contributed by atoms with van der Waals surface area (Å²) in [5, 5.41) is 14.9. The van der Waals surface area contributed by atoms with E-state index in [9.17, 15) is 14.3 Å². The molecule has 0 aliphatic heterocycles. The van der Waals surface area contributed by atoms with Crippen LogP contribution in [0.2, 0.25) is 5.02 Å². The van der Waals surface area contributed by atoms with E-state index in [2.05, 4.69) is 4.98 Å². The van der Waals surface area contributed by atoms with Gasteiger partial charge in [-0.2, -0.15) is 5.10 Å². The van der Waals surface area contributed by atoms with E-state index in [1.807, 2.05) is 36.4 Å². The molecule has 1 unspecified atom stereocenters. The monoisotopic (exact) mass is 467 g/mol. The number of benzene rings is 2. The Kier molecular flexibility index (Phi) is 5.95. The van der Waals surface area contributed by atoms with Crippen LogP contribution in [0.1, 0.15) is 38.1 Å². The van der Waals surface area contributed by atoms with Crippen molar-refractivity contribution in [2.45, 2.75) is 39.4 Å². The SMILES string of the molecule is Cc1nc2cc(-c3ccccc3)nn2c(-c2ccc(F)cc2Cl)c1C(OC(C)(C)C)C(=O)O. The molecule has 0 aliphatic carbocycles. The number of aromatic nitrogens is 3. The second-order valence-electron chi connectivity index (χ2n) is 8.70. The summed E-state index contributed by atoms with van der Waals surface area (Å²) in [4.78, 5) is 17.0. The molecule has 2 heterocycles. The molecule has 6 nitrogen and oxygen atoms in total. The van der Waals surface area contributed by atoms with Crippen LogP contribution in [0, 0.1) is 12.7 Å². The van der Waals surface area contributed by atoms with E-state index < -0.39 is 23.5 Å². The van der Waals surface area contributed by atoms with E-state index in [1.165, 1.54) is 18.2 Å². The van der Waals surface area contributed by atoms with Crippen LogP contribution >= 0.6 is 11.6 Å². The highest BCUT2D eigenvalue weighted by Crippen LogP contribution is 2.38. The zero-order valence-corrected chi connectivity index (χ0v) is 19.4. The topological polar surface area (TPSA) is 76.7 Å². The van der Waals surface area contributed by atoms with Crippen LogP contribution in [0.5, 0.6) is 0 Å². The Labute approximate surface area is 195 Å². The predicted octanol–water partition coefficient (Wildman–Crippen LogP) is 6.11. The van der Waals surface area contributed by atoms with Crippen molar-refractivity contribution < 1.29 is 19.0 Å². The lowest BCUT2D eigenvalue weighted by Crippen LogP contribution is -2.29. The molecule has 0 saturated heterocycles. The van der Waals surface area contributed by atoms with Crippen molar-refractivity contribution in [3.05, 3.63) is 76.7 Å². The highest BCUT2D eigenvalue weighted by atomic mass is 35.5. The number of carbonyl (C=O) groups is 1. The summed E-state index contributed by atoms with van der Waals surface area (Å²) in [6.07, 6.45) is -1.35. The number of halogens is 2. The van der Waals surface area contributed by atoms with Crippen molar-refractivity contribution in [1.29, 1.82) is 0 Å². The first-order valence-electron chi connectivity index (χ1n) is 10.4. The number of hydrogen-bond donors (Lipinski definition) is 1. The highest BCUT2D eigenvalue weighted by molar-refractivity contribution is 6.33. The van der Waals surface area contributed by atoms with Crippen LogP contribution < -0.4 is 0 Å². The molecular formula is C25H23ClFN3O3. The first-order chi connectivity index (χ1) is 15.5. The first kappa shape index (κ1) is 22.9. The van der Waals surface area contributed by atoms with E-state index >= 15 is 0 Å². The maximum absolute atomic E-state index is 13.9. The van der Waals surface area contributed by atoms with Crippen LogP contribution in [0.4, 0.5) is 4.39 Å². The Bertz CT molecular complexity index is 1350. The number of aryl methyl sites for hydroxylation is 1. The minimum Gasteiger partial charge on any atom is -0.479 e. The van der Waals surface area contributed by atoms with Crippen molar-refractivity contribution in [2.24, 2.45) is 0 Å². The molecule has 0 spiro atoms. The van der Waals surface area contributed by atoms with Gasteiger partial charge in [-0.05, 0) is 45.9 Å². The van der Waals surface area contributed by atoms with Gasteiger partial charge in [0.1, 0.15) is 5.82 Å². The van der Waals surface area contributed by atoms with E-state index in [-0.39, 0.29) is 5.02 Å². The molecule has 1 N–H and O–H groups in total. The summed E-state index contributed by atoms with van der Waals surface area (Å²) in [6.45, 7) is 7.04. The molecule has 0 bridgehead atoms. The molecule has 2 aromatic carbocycles. The molecule has 0 fully saturated rings. The fourth-order valence-corrected chi connectivity index (χ4v) is 3.98. The second kappa shape index (κ2) is 8.57. The predicted molar refractivity (Wildman–Crippen MR) is 125 cm³/mol.